The van der Waals surface area contributed by atoms with Crippen LogP contribution in [0.2, 0.25) is 0 Å². The summed E-state index contributed by atoms with van der Waals surface area (Å²) in [5, 5.41) is 3.58. The first kappa shape index (κ1) is 14.7. The van der Waals surface area contributed by atoms with E-state index in [1.807, 2.05) is 0 Å². The largest absolute Gasteiger partial charge is 0.382 e. The van der Waals surface area contributed by atoms with Gasteiger partial charge in [0, 0.05) is 7.11 Å². The van der Waals surface area contributed by atoms with E-state index in [1.165, 1.54) is 32.1 Å². The van der Waals surface area contributed by atoms with Gasteiger partial charge in [0.05, 0.1) is 25.9 Å². The van der Waals surface area contributed by atoms with E-state index in [9.17, 15) is 0 Å². The third-order valence-corrected chi connectivity index (χ3v) is 3.13. The van der Waals surface area contributed by atoms with Gasteiger partial charge < -0.3 is 14.8 Å². The molecule has 3 heteroatoms. The van der Waals surface area contributed by atoms with Gasteiger partial charge in [-0.15, -0.1) is 0 Å². The van der Waals surface area contributed by atoms with Crippen LogP contribution in [-0.2, 0) is 9.47 Å². The molecule has 1 unspecified atom stereocenters. The Morgan fingerprint density at radius 3 is 2.88 bits per heavy atom. The number of rotatable bonds is 9. The van der Waals surface area contributed by atoms with Crippen molar-refractivity contribution in [3.63, 3.8) is 0 Å². The summed E-state index contributed by atoms with van der Waals surface area (Å²) in [5.41, 5.74) is 1.54. The summed E-state index contributed by atoms with van der Waals surface area (Å²) in [6.07, 6.45) is 8.70. The molecule has 0 aliphatic heterocycles. The Labute approximate surface area is 106 Å². The summed E-state index contributed by atoms with van der Waals surface area (Å²) in [4.78, 5) is 0. The summed E-state index contributed by atoms with van der Waals surface area (Å²) in [6.45, 7) is 5.41. The highest BCUT2D eigenvalue weighted by Gasteiger charge is 2.15. The molecule has 0 saturated carbocycles. The zero-order valence-electron chi connectivity index (χ0n) is 11.3. The first-order valence-electron chi connectivity index (χ1n) is 6.87. The second-order valence-electron chi connectivity index (χ2n) is 4.60. The van der Waals surface area contributed by atoms with Crippen molar-refractivity contribution >= 4 is 0 Å². The third-order valence-electron chi connectivity index (χ3n) is 3.13. The topological polar surface area (TPSA) is 30.5 Å². The fourth-order valence-corrected chi connectivity index (χ4v) is 2.14. The van der Waals surface area contributed by atoms with E-state index in [1.54, 1.807) is 12.7 Å². The first-order valence-corrected chi connectivity index (χ1v) is 6.87. The van der Waals surface area contributed by atoms with Gasteiger partial charge in [0.1, 0.15) is 0 Å². The summed E-state index contributed by atoms with van der Waals surface area (Å²) in [5.74, 6) is 0. The van der Waals surface area contributed by atoms with Crippen LogP contribution in [0.5, 0.6) is 0 Å². The van der Waals surface area contributed by atoms with Crippen LogP contribution in [0.3, 0.4) is 0 Å². The Kier molecular flexibility index (Phi) is 8.32. The lowest BCUT2D eigenvalue weighted by molar-refractivity contribution is 0.0625. The fourth-order valence-electron chi connectivity index (χ4n) is 2.14. The van der Waals surface area contributed by atoms with Crippen molar-refractivity contribution in [2.45, 2.75) is 45.1 Å². The van der Waals surface area contributed by atoms with Crippen LogP contribution in [0.4, 0.5) is 0 Å². The van der Waals surface area contributed by atoms with Gasteiger partial charge in [-0.1, -0.05) is 18.6 Å². The highest BCUT2D eigenvalue weighted by Crippen LogP contribution is 2.20. The van der Waals surface area contributed by atoms with Crippen molar-refractivity contribution in [1.82, 2.24) is 5.32 Å². The average molecular weight is 241 g/mol. The van der Waals surface area contributed by atoms with Gasteiger partial charge in [-0.25, -0.2) is 0 Å². The molecule has 0 aromatic heterocycles. The summed E-state index contributed by atoms with van der Waals surface area (Å²) < 4.78 is 10.6. The van der Waals surface area contributed by atoms with Crippen LogP contribution in [-0.4, -0.2) is 39.5 Å². The highest BCUT2D eigenvalue weighted by molar-refractivity contribution is 5.13. The summed E-state index contributed by atoms with van der Waals surface area (Å²) in [6, 6.07) is 0.409. The minimum Gasteiger partial charge on any atom is -0.382 e. The van der Waals surface area contributed by atoms with Crippen molar-refractivity contribution < 1.29 is 9.47 Å². The van der Waals surface area contributed by atoms with Crippen LogP contribution in [0.1, 0.15) is 39.0 Å². The molecule has 1 aliphatic carbocycles. The van der Waals surface area contributed by atoms with Crippen molar-refractivity contribution in [1.29, 1.82) is 0 Å². The molecule has 0 fully saturated rings. The molecule has 0 spiro atoms. The van der Waals surface area contributed by atoms with Gasteiger partial charge in [0.2, 0.25) is 0 Å². The number of hydrogen-bond acceptors (Lipinski definition) is 3. The van der Waals surface area contributed by atoms with Gasteiger partial charge in [0.15, 0.2) is 0 Å². The minimum atomic E-state index is 0.409. The van der Waals surface area contributed by atoms with Crippen LogP contribution in [0.25, 0.3) is 0 Å². The zero-order valence-corrected chi connectivity index (χ0v) is 11.3. The normalized spacial score (nSPS) is 17.9. The van der Waals surface area contributed by atoms with E-state index in [2.05, 4.69) is 18.3 Å². The van der Waals surface area contributed by atoms with Crippen LogP contribution >= 0.6 is 0 Å². The molecular weight excluding hydrogens is 214 g/mol. The number of nitrogens with one attached hydrogen (secondary N) is 1. The first-order chi connectivity index (χ1) is 8.38. The van der Waals surface area contributed by atoms with Gasteiger partial charge in [-0.2, -0.15) is 0 Å². The molecule has 0 aromatic carbocycles. The molecule has 100 valence electrons. The molecule has 0 radical (unpaired) electrons. The number of allylic oxidation sites excluding steroid dienone is 1. The molecule has 1 N–H and O–H groups in total. The van der Waals surface area contributed by atoms with Gasteiger partial charge in [0.25, 0.3) is 0 Å². The number of ether oxygens (including phenoxy) is 2. The monoisotopic (exact) mass is 241 g/mol. The van der Waals surface area contributed by atoms with E-state index in [0.29, 0.717) is 19.3 Å². The predicted octanol–water partition coefficient (Wildman–Crippen LogP) is 2.52. The Hall–Kier alpha value is -0.380. The molecule has 1 atom stereocenters. The van der Waals surface area contributed by atoms with Crippen molar-refractivity contribution in [2.75, 3.05) is 33.5 Å². The molecular formula is C14H27NO2. The molecule has 0 heterocycles. The molecule has 3 nitrogen and oxygen atoms in total. The van der Waals surface area contributed by atoms with E-state index in [4.69, 9.17) is 9.47 Å². The van der Waals surface area contributed by atoms with Crippen molar-refractivity contribution in [2.24, 2.45) is 0 Å². The molecule has 1 rings (SSSR count). The smallest absolute Gasteiger partial charge is 0.0701 e. The Balaban J connectivity index is 2.33. The third kappa shape index (κ3) is 6.20. The molecule has 17 heavy (non-hydrogen) atoms. The molecule has 0 bridgehead atoms. The van der Waals surface area contributed by atoms with Crippen LogP contribution in [0.15, 0.2) is 11.6 Å². The Morgan fingerprint density at radius 1 is 1.35 bits per heavy atom. The molecule has 1 aliphatic rings. The van der Waals surface area contributed by atoms with E-state index < -0.39 is 0 Å². The lowest BCUT2D eigenvalue weighted by Crippen LogP contribution is -2.36. The standard InChI is InChI=1S/C14H27NO2/c1-3-9-15-14(12-17-11-10-16-2)13-7-5-4-6-8-13/h7,14-15H,3-6,8-12H2,1-2H3. The summed E-state index contributed by atoms with van der Waals surface area (Å²) in [7, 11) is 1.71. The van der Waals surface area contributed by atoms with E-state index >= 15 is 0 Å². The zero-order chi connectivity index (χ0) is 12.3. The SMILES string of the molecule is CCCNC(COCCOC)C1=CCCCC1. The van der Waals surface area contributed by atoms with Gasteiger partial charge in [-0.05, 0) is 38.6 Å². The summed E-state index contributed by atoms with van der Waals surface area (Å²) >= 11 is 0. The van der Waals surface area contributed by atoms with E-state index in [-0.39, 0.29) is 0 Å². The Bertz CT molecular complexity index is 216. The predicted molar refractivity (Wildman–Crippen MR) is 71.3 cm³/mol. The Morgan fingerprint density at radius 2 is 2.24 bits per heavy atom. The number of methoxy groups -OCH3 is 1. The lowest BCUT2D eigenvalue weighted by atomic mass is 9.94. The minimum absolute atomic E-state index is 0.409. The fraction of sp³-hybridized carbons (Fsp3) is 0.857. The van der Waals surface area contributed by atoms with Crippen LogP contribution in [0, 0.1) is 0 Å². The van der Waals surface area contributed by atoms with Gasteiger partial charge in [-0.3, -0.25) is 0 Å². The second kappa shape index (κ2) is 9.63. The molecule has 0 aromatic rings. The van der Waals surface area contributed by atoms with Crippen molar-refractivity contribution in [3.8, 4) is 0 Å². The average Bonchev–Trinajstić information content (AvgIpc) is 2.39. The maximum Gasteiger partial charge on any atom is 0.0701 e. The molecule has 0 amide bonds. The maximum absolute atomic E-state index is 5.66. The van der Waals surface area contributed by atoms with Crippen LogP contribution < -0.4 is 5.32 Å². The lowest BCUT2D eigenvalue weighted by Gasteiger charge is -2.24. The highest BCUT2D eigenvalue weighted by atomic mass is 16.5. The molecule has 0 saturated heterocycles. The quantitative estimate of drug-likeness (QED) is 0.497. The van der Waals surface area contributed by atoms with Crippen molar-refractivity contribution in [3.05, 3.63) is 11.6 Å². The van der Waals surface area contributed by atoms with E-state index in [0.717, 1.165) is 13.2 Å². The van der Waals surface area contributed by atoms with Gasteiger partial charge >= 0.3 is 0 Å². The second-order valence-corrected chi connectivity index (χ2v) is 4.60. The number of hydrogen-bond donors (Lipinski definition) is 1. The maximum atomic E-state index is 5.66.